The second-order valence-electron chi connectivity index (χ2n) is 4.10. The van der Waals surface area contributed by atoms with E-state index in [4.69, 9.17) is 0 Å². The first-order valence-electron chi connectivity index (χ1n) is 4.54. The van der Waals surface area contributed by atoms with Crippen molar-refractivity contribution in [3.63, 3.8) is 0 Å². The average molecular weight is 170 g/mol. The molecule has 0 saturated heterocycles. The highest BCUT2D eigenvalue weighted by Gasteiger charge is 2.39. The van der Waals surface area contributed by atoms with Gasteiger partial charge in [0.25, 0.3) is 0 Å². The maximum atomic E-state index is 10.0. The Morgan fingerprint density at radius 1 is 1.58 bits per heavy atom. The SMILES string of the molecule is CC1=C[C@@H](O)[C@](O)(C(C)C)CC1. The molecule has 0 aliphatic heterocycles. The van der Waals surface area contributed by atoms with Gasteiger partial charge in [0.15, 0.2) is 0 Å². The van der Waals surface area contributed by atoms with Crippen LogP contribution in [0.3, 0.4) is 0 Å². The highest BCUT2D eigenvalue weighted by atomic mass is 16.3. The Balaban J connectivity index is 2.82. The van der Waals surface area contributed by atoms with Gasteiger partial charge in [-0.3, -0.25) is 0 Å². The Hall–Kier alpha value is -0.340. The van der Waals surface area contributed by atoms with Crippen LogP contribution in [0, 0.1) is 5.92 Å². The molecular weight excluding hydrogens is 152 g/mol. The lowest BCUT2D eigenvalue weighted by molar-refractivity contribution is -0.0951. The molecule has 0 spiro atoms. The summed E-state index contributed by atoms with van der Waals surface area (Å²) >= 11 is 0. The summed E-state index contributed by atoms with van der Waals surface area (Å²) in [6, 6.07) is 0. The van der Waals surface area contributed by atoms with Crippen molar-refractivity contribution in [3.8, 4) is 0 Å². The van der Waals surface area contributed by atoms with E-state index in [1.54, 1.807) is 6.08 Å². The van der Waals surface area contributed by atoms with Gasteiger partial charge in [-0.2, -0.15) is 0 Å². The molecule has 0 unspecified atom stereocenters. The fourth-order valence-corrected chi connectivity index (χ4v) is 1.67. The van der Waals surface area contributed by atoms with Crippen LogP contribution >= 0.6 is 0 Å². The van der Waals surface area contributed by atoms with Crippen molar-refractivity contribution in [2.45, 2.75) is 45.3 Å². The molecule has 2 heteroatoms. The minimum Gasteiger partial charge on any atom is -0.387 e. The molecule has 12 heavy (non-hydrogen) atoms. The summed E-state index contributed by atoms with van der Waals surface area (Å²) in [6.07, 6.45) is 2.65. The Morgan fingerprint density at radius 2 is 2.17 bits per heavy atom. The third-order valence-corrected chi connectivity index (χ3v) is 2.87. The smallest absolute Gasteiger partial charge is 0.101 e. The molecule has 0 aromatic rings. The van der Waals surface area contributed by atoms with Crippen LogP contribution in [0.5, 0.6) is 0 Å². The molecule has 0 heterocycles. The van der Waals surface area contributed by atoms with E-state index in [1.165, 1.54) is 5.57 Å². The van der Waals surface area contributed by atoms with Gasteiger partial charge in [-0.1, -0.05) is 25.5 Å². The third-order valence-electron chi connectivity index (χ3n) is 2.87. The zero-order valence-corrected chi connectivity index (χ0v) is 8.04. The summed E-state index contributed by atoms with van der Waals surface area (Å²) in [5, 5.41) is 19.7. The second-order valence-corrected chi connectivity index (χ2v) is 4.10. The first-order chi connectivity index (χ1) is 5.47. The summed E-state index contributed by atoms with van der Waals surface area (Å²) in [4.78, 5) is 0. The summed E-state index contributed by atoms with van der Waals surface area (Å²) < 4.78 is 0. The van der Waals surface area contributed by atoms with E-state index < -0.39 is 11.7 Å². The molecule has 1 rings (SSSR count). The fraction of sp³-hybridized carbons (Fsp3) is 0.800. The number of allylic oxidation sites excluding steroid dienone is 1. The lowest BCUT2D eigenvalue weighted by Crippen LogP contribution is -2.47. The molecule has 2 nitrogen and oxygen atoms in total. The van der Waals surface area contributed by atoms with Crippen LogP contribution in [0.4, 0.5) is 0 Å². The summed E-state index contributed by atoms with van der Waals surface area (Å²) in [5.74, 6) is 0.108. The van der Waals surface area contributed by atoms with E-state index in [9.17, 15) is 10.2 Å². The highest BCUT2D eigenvalue weighted by Crippen LogP contribution is 2.33. The van der Waals surface area contributed by atoms with Gasteiger partial charge in [-0.25, -0.2) is 0 Å². The van der Waals surface area contributed by atoms with Gasteiger partial charge in [0.2, 0.25) is 0 Å². The number of aliphatic hydroxyl groups is 2. The van der Waals surface area contributed by atoms with E-state index in [-0.39, 0.29) is 5.92 Å². The van der Waals surface area contributed by atoms with Gasteiger partial charge in [0.05, 0.1) is 5.60 Å². The van der Waals surface area contributed by atoms with Crippen LogP contribution in [-0.4, -0.2) is 21.9 Å². The maximum Gasteiger partial charge on any atom is 0.101 e. The van der Waals surface area contributed by atoms with E-state index in [0.717, 1.165) is 6.42 Å². The molecule has 0 saturated carbocycles. The Kier molecular flexibility index (Phi) is 2.59. The van der Waals surface area contributed by atoms with Crippen LogP contribution in [-0.2, 0) is 0 Å². The summed E-state index contributed by atoms with van der Waals surface area (Å²) in [6.45, 7) is 5.87. The minimum absolute atomic E-state index is 0.108. The van der Waals surface area contributed by atoms with Gasteiger partial charge in [-0.15, -0.1) is 0 Å². The van der Waals surface area contributed by atoms with Gasteiger partial charge in [0.1, 0.15) is 6.10 Å². The zero-order valence-electron chi connectivity index (χ0n) is 8.04. The second kappa shape index (κ2) is 3.19. The monoisotopic (exact) mass is 170 g/mol. The topological polar surface area (TPSA) is 40.5 Å². The van der Waals surface area contributed by atoms with Gasteiger partial charge in [-0.05, 0) is 25.7 Å². The van der Waals surface area contributed by atoms with Crippen LogP contribution < -0.4 is 0 Å². The van der Waals surface area contributed by atoms with E-state index in [2.05, 4.69) is 0 Å². The molecule has 0 aromatic carbocycles. The average Bonchev–Trinajstić information content (AvgIpc) is 1.97. The maximum absolute atomic E-state index is 10.0. The molecule has 2 atom stereocenters. The molecule has 70 valence electrons. The number of aliphatic hydroxyl groups excluding tert-OH is 1. The lowest BCUT2D eigenvalue weighted by atomic mass is 9.76. The Labute approximate surface area is 73.9 Å². The van der Waals surface area contributed by atoms with Crippen molar-refractivity contribution in [2.24, 2.45) is 5.92 Å². The van der Waals surface area contributed by atoms with Crippen LogP contribution in [0.25, 0.3) is 0 Å². The quantitative estimate of drug-likeness (QED) is 0.585. The normalized spacial score (nSPS) is 36.8. The molecule has 0 amide bonds. The molecule has 0 aromatic heterocycles. The van der Waals surface area contributed by atoms with Crippen molar-refractivity contribution in [1.29, 1.82) is 0 Å². The predicted octanol–water partition coefficient (Wildman–Crippen LogP) is 1.47. The zero-order chi connectivity index (χ0) is 9.35. The Morgan fingerprint density at radius 3 is 2.58 bits per heavy atom. The predicted molar refractivity (Wildman–Crippen MR) is 48.8 cm³/mol. The molecule has 1 aliphatic carbocycles. The molecular formula is C10H18O2. The molecule has 2 N–H and O–H groups in total. The summed E-state index contributed by atoms with van der Waals surface area (Å²) in [7, 11) is 0. The van der Waals surface area contributed by atoms with E-state index >= 15 is 0 Å². The van der Waals surface area contributed by atoms with Crippen LogP contribution in [0.1, 0.15) is 33.6 Å². The van der Waals surface area contributed by atoms with E-state index in [0.29, 0.717) is 6.42 Å². The first kappa shape index (κ1) is 9.75. The van der Waals surface area contributed by atoms with Gasteiger partial charge in [0, 0.05) is 0 Å². The highest BCUT2D eigenvalue weighted by molar-refractivity contribution is 5.14. The van der Waals surface area contributed by atoms with Crippen LogP contribution in [0.15, 0.2) is 11.6 Å². The Bertz CT molecular complexity index is 196. The number of hydrogen-bond acceptors (Lipinski definition) is 2. The van der Waals surface area contributed by atoms with Crippen LogP contribution in [0.2, 0.25) is 0 Å². The molecule has 0 fully saturated rings. The molecule has 1 aliphatic rings. The van der Waals surface area contributed by atoms with Crippen molar-refractivity contribution in [1.82, 2.24) is 0 Å². The van der Waals surface area contributed by atoms with Gasteiger partial charge >= 0.3 is 0 Å². The number of hydrogen-bond donors (Lipinski definition) is 2. The largest absolute Gasteiger partial charge is 0.387 e. The first-order valence-corrected chi connectivity index (χ1v) is 4.54. The van der Waals surface area contributed by atoms with Gasteiger partial charge < -0.3 is 10.2 Å². The number of rotatable bonds is 1. The van der Waals surface area contributed by atoms with Crippen molar-refractivity contribution in [3.05, 3.63) is 11.6 Å². The fourth-order valence-electron chi connectivity index (χ4n) is 1.67. The minimum atomic E-state index is -0.903. The van der Waals surface area contributed by atoms with E-state index in [1.807, 2.05) is 20.8 Å². The molecule has 0 bridgehead atoms. The third kappa shape index (κ3) is 1.54. The van der Waals surface area contributed by atoms with Crippen molar-refractivity contribution >= 4 is 0 Å². The summed E-state index contributed by atoms with van der Waals surface area (Å²) in [5.41, 5.74) is 0.271. The van der Waals surface area contributed by atoms with Crippen molar-refractivity contribution < 1.29 is 10.2 Å². The molecule has 0 radical (unpaired) electrons. The standard InChI is InChI=1S/C10H18O2/c1-7(2)10(12)5-4-8(3)6-9(10)11/h6-7,9,11-12H,4-5H2,1-3H3/t9-,10-/m1/s1. The lowest BCUT2D eigenvalue weighted by Gasteiger charge is -2.38. The van der Waals surface area contributed by atoms with Crippen molar-refractivity contribution in [2.75, 3.05) is 0 Å².